The first-order chi connectivity index (χ1) is 18.3. The van der Waals surface area contributed by atoms with Crippen molar-refractivity contribution in [2.45, 2.75) is 38.4 Å². The molecule has 2 aromatic carbocycles. The summed E-state index contributed by atoms with van der Waals surface area (Å²) in [5.41, 5.74) is -0.491. The second kappa shape index (κ2) is 12.4. The van der Waals surface area contributed by atoms with E-state index in [0.717, 1.165) is 12.0 Å². The van der Waals surface area contributed by atoms with Crippen LogP contribution in [0.1, 0.15) is 45.9 Å². The minimum absolute atomic E-state index is 0.0289. The normalized spacial score (nSPS) is 16.3. The molecular weight excluding hydrogens is 416 g/mol. The molecule has 0 fully saturated rings. The molecule has 0 saturated heterocycles. The number of ether oxygens (including phenoxy) is 4. The van der Waals surface area contributed by atoms with Crippen molar-refractivity contribution in [3.8, 4) is 29.1 Å². The van der Waals surface area contributed by atoms with Crippen molar-refractivity contribution in [1.29, 1.82) is 5.26 Å². The van der Waals surface area contributed by atoms with Gasteiger partial charge in [0.05, 0.1) is 39.9 Å². The van der Waals surface area contributed by atoms with Crippen LogP contribution in [0, 0.1) is 17.2 Å². The molecule has 0 aliphatic carbocycles. The number of hydrogen-bond donors (Lipinski definition) is 0. The van der Waals surface area contributed by atoms with E-state index in [1.807, 2.05) is 25.2 Å². The summed E-state index contributed by atoms with van der Waals surface area (Å²) < 4.78 is 70.0. The van der Waals surface area contributed by atoms with Gasteiger partial charge in [0.25, 0.3) is 0 Å². The Morgan fingerprint density at radius 1 is 0.909 bits per heavy atom. The lowest BCUT2D eigenvalue weighted by atomic mass is 9.69. The Kier molecular flexibility index (Phi) is 6.93. The second-order valence-corrected chi connectivity index (χ2v) is 7.93. The largest absolute Gasteiger partial charge is 0.493 e. The minimum atomic E-state index is -2.91. The molecule has 0 radical (unpaired) electrons. The van der Waals surface area contributed by atoms with E-state index in [4.69, 9.17) is 27.2 Å². The zero-order valence-electron chi connectivity index (χ0n) is 26.1. The molecule has 6 nitrogen and oxygen atoms in total. The Balaban J connectivity index is 2.31. The van der Waals surface area contributed by atoms with Gasteiger partial charge in [0.15, 0.2) is 23.0 Å². The summed E-state index contributed by atoms with van der Waals surface area (Å²) in [6.07, 6.45) is 1.15. The van der Waals surface area contributed by atoms with Crippen molar-refractivity contribution >= 4 is 0 Å². The topological polar surface area (TPSA) is 64.0 Å². The van der Waals surface area contributed by atoms with Crippen molar-refractivity contribution in [1.82, 2.24) is 4.90 Å². The predicted octanol–water partition coefficient (Wildman–Crippen LogP) is 5.09. The standard InChI is InChI=1S/C27H38N2O4/c1-20(2)27(19-28,22-10-12-24(31-5)26(18-22)33-7)14-8-15-29(3)16-13-21-9-11-23(30-4)25(17-21)32-6/h9-12,17-18,20H,8,13-16H2,1-7H3/i1D3,2D3. The number of benzene rings is 2. The van der Waals surface area contributed by atoms with Crippen molar-refractivity contribution in [3.63, 3.8) is 0 Å². The second-order valence-electron chi connectivity index (χ2n) is 7.93. The summed E-state index contributed by atoms with van der Waals surface area (Å²) in [6.45, 7) is -4.60. The Hall–Kier alpha value is -2.91. The first-order valence-corrected chi connectivity index (χ1v) is 10.8. The van der Waals surface area contributed by atoms with Gasteiger partial charge in [-0.3, -0.25) is 0 Å². The highest BCUT2D eigenvalue weighted by molar-refractivity contribution is 5.47. The minimum Gasteiger partial charge on any atom is -0.493 e. The van der Waals surface area contributed by atoms with E-state index in [1.165, 1.54) is 20.3 Å². The molecule has 0 bridgehead atoms. The molecule has 2 aromatic rings. The van der Waals surface area contributed by atoms with E-state index in [9.17, 15) is 5.26 Å². The number of nitriles is 1. The van der Waals surface area contributed by atoms with Gasteiger partial charge in [-0.2, -0.15) is 5.26 Å². The summed E-state index contributed by atoms with van der Waals surface area (Å²) >= 11 is 0. The number of rotatable bonds is 13. The maximum atomic E-state index is 10.5. The van der Waals surface area contributed by atoms with Gasteiger partial charge in [-0.1, -0.05) is 25.8 Å². The first-order valence-electron chi connectivity index (χ1n) is 13.8. The van der Waals surface area contributed by atoms with Crippen LogP contribution in [0.3, 0.4) is 0 Å². The molecule has 0 aliphatic heterocycles. The fourth-order valence-electron chi connectivity index (χ4n) is 3.85. The van der Waals surface area contributed by atoms with E-state index in [2.05, 4.69) is 11.0 Å². The Labute approximate surface area is 207 Å². The number of methoxy groups -OCH3 is 4. The molecule has 2 rings (SSSR count). The molecule has 0 spiro atoms. The van der Waals surface area contributed by atoms with Crippen molar-refractivity contribution in [2.24, 2.45) is 5.92 Å². The third kappa shape index (κ3) is 6.33. The van der Waals surface area contributed by atoms with Gasteiger partial charge < -0.3 is 23.8 Å². The number of hydrogen-bond acceptors (Lipinski definition) is 6. The third-order valence-electron chi connectivity index (χ3n) is 5.93. The smallest absolute Gasteiger partial charge is 0.161 e. The van der Waals surface area contributed by atoms with E-state index < -0.39 is 25.0 Å². The lowest BCUT2D eigenvalue weighted by Crippen LogP contribution is -2.32. The van der Waals surface area contributed by atoms with Crippen LogP contribution in [0.4, 0.5) is 0 Å². The molecule has 0 aliphatic rings. The maximum Gasteiger partial charge on any atom is 0.161 e. The zero-order chi connectivity index (χ0) is 29.4. The van der Waals surface area contributed by atoms with Crippen LogP contribution in [0.15, 0.2) is 36.4 Å². The summed E-state index contributed by atoms with van der Waals surface area (Å²) in [6, 6.07) is 12.5. The van der Waals surface area contributed by atoms with Crippen molar-refractivity contribution in [2.75, 3.05) is 48.6 Å². The molecule has 0 heterocycles. The third-order valence-corrected chi connectivity index (χ3v) is 5.93. The van der Waals surface area contributed by atoms with Crippen LogP contribution < -0.4 is 18.9 Å². The van der Waals surface area contributed by atoms with Crippen LogP contribution in [0.2, 0.25) is 0 Å². The van der Waals surface area contributed by atoms with Gasteiger partial charge in [-0.15, -0.1) is 0 Å². The summed E-state index contributed by atoms with van der Waals surface area (Å²) in [4.78, 5) is 2.06. The fraction of sp³-hybridized carbons (Fsp3) is 0.519. The monoisotopic (exact) mass is 460 g/mol. The van der Waals surface area contributed by atoms with Crippen molar-refractivity contribution in [3.05, 3.63) is 47.5 Å². The Morgan fingerprint density at radius 2 is 1.52 bits per heavy atom. The molecule has 0 N–H and O–H groups in total. The maximum absolute atomic E-state index is 10.5. The van der Waals surface area contributed by atoms with Crippen LogP contribution in [0.25, 0.3) is 0 Å². The fourth-order valence-corrected chi connectivity index (χ4v) is 3.85. The van der Waals surface area contributed by atoms with Gasteiger partial charge >= 0.3 is 0 Å². The summed E-state index contributed by atoms with van der Waals surface area (Å²) in [7, 11) is 7.97. The number of nitrogens with zero attached hydrogens (tertiary/aromatic N) is 2. The highest BCUT2D eigenvalue weighted by atomic mass is 16.5. The highest BCUT2D eigenvalue weighted by Gasteiger charge is 2.36. The molecule has 180 valence electrons. The van der Waals surface area contributed by atoms with Crippen LogP contribution in [-0.4, -0.2) is 53.5 Å². The van der Waals surface area contributed by atoms with E-state index in [1.54, 1.807) is 26.4 Å². The molecule has 33 heavy (non-hydrogen) atoms. The molecule has 0 saturated carbocycles. The van der Waals surface area contributed by atoms with Gasteiger partial charge in [-0.25, -0.2) is 0 Å². The number of likely N-dealkylation sites (N-methyl/N-ethyl adjacent to an activating group) is 1. The van der Waals surface area contributed by atoms with Gasteiger partial charge in [0.2, 0.25) is 0 Å². The van der Waals surface area contributed by atoms with Gasteiger partial charge in [-0.05, 0) is 74.2 Å². The SMILES string of the molecule is [2H]C([2H])([2H])C(C([2H])([2H])[2H])C(C#N)(CCCN(C)CCc1ccc(OC)c(OC)c1)c1ccc(OC)c(OC)c1. The quantitative estimate of drug-likeness (QED) is 0.415. The lowest BCUT2D eigenvalue weighted by molar-refractivity contribution is 0.292. The van der Waals surface area contributed by atoms with E-state index >= 15 is 0 Å². The molecule has 1 atom stereocenters. The molecule has 0 aromatic heterocycles. The van der Waals surface area contributed by atoms with Crippen LogP contribution in [0.5, 0.6) is 23.0 Å². The lowest BCUT2D eigenvalue weighted by Gasteiger charge is -2.32. The molecule has 1 unspecified atom stereocenters. The Bertz CT molecular complexity index is 1120. The van der Waals surface area contributed by atoms with E-state index in [0.29, 0.717) is 36.8 Å². The Morgan fingerprint density at radius 3 is 2.09 bits per heavy atom. The van der Waals surface area contributed by atoms with Gasteiger partial charge in [0.1, 0.15) is 0 Å². The average Bonchev–Trinajstić information content (AvgIpc) is 2.88. The highest BCUT2D eigenvalue weighted by Crippen LogP contribution is 2.40. The predicted molar refractivity (Wildman–Crippen MR) is 132 cm³/mol. The van der Waals surface area contributed by atoms with Crippen LogP contribution in [-0.2, 0) is 11.8 Å². The summed E-state index contributed by atoms with van der Waals surface area (Å²) in [5.74, 6) is 0.0684. The van der Waals surface area contributed by atoms with Crippen LogP contribution >= 0.6 is 0 Å². The molecule has 0 amide bonds. The first kappa shape index (κ1) is 18.5. The zero-order valence-corrected chi connectivity index (χ0v) is 20.1. The van der Waals surface area contributed by atoms with Gasteiger partial charge in [0, 0.05) is 14.8 Å². The molecule has 6 heteroatoms. The van der Waals surface area contributed by atoms with E-state index in [-0.39, 0.29) is 17.7 Å². The summed E-state index contributed by atoms with van der Waals surface area (Å²) in [5, 5.41) is 10.5. The molecular formula is C27H38N2O4. The van der Waals surface area contributed by atoms with Crippen molar-refractivity contribution < 1.29 is 27.2 Å². The average molecular weight is 461 g/mol.